The molecule has 0 radical (unpaired) electrons. The Hall–Kier alpha value is -1.24. The van der Waals surface area contributed by atoms with Crippen LogP contribution in [0.3, 0.4) is 0 Å². The normalized spacial score (nSPS) is 24.2. The molecule has 0 aromatic carbocycles. The summed E-state index contributed by atoms with van der Waals surface area (Å²) in [6.45, 7) is 1.67. The zero-order valence-electron chi connectivity index (χ0n) is 13.5. The van der Waals surface area contributed by atoms with Crippen LogP contribution in [0.2, 0.25) is 0 Å². The van der Waals surface area contributed by atoms with Gasteiger partial charge in [-0.25, -0.2) is 18.6 Å². The molecule has 0 bridgehead atoms. The van der Waals surface area contributed by atoms with Crippen LogP contribution in [-0.2, 0) is 6.42 Å². The molecule has 2 aliphatic rings. The van der Waals surface area contributed by atoms with Gasteiger partial charge >= 0.3 is 6.03 Å². The number of likely N-dealkylation sites (tertiary alicyclic amines) is 1. The maximum Gasteiger partial charge on any atom is 0.317 e. The smallest absolute Gasteiger partial charge is 0.317 e. The van der Waals surface area contributed by atoms with Crippen molar-refractivity contribution in [1.29, 1.82) is 0 Å². The molecular formula is C17H22BrF2N3O. The van der Waals surface area contributed by atoms with E-state index in [1.165, 1.54) is 0 Å². The summed E-state index contributed by atoms with van der Waals surface area (Å²) in [5, 5.41) is 3.12. The number of aromatic nitrogens is 1. The van der Waals surface area contributed by atoms with E-state index in [-0.39, 0.29) is 22.6 Å². The van der Waals surface area contributed by atoms with Gasteiger partial charge in [0.05, 0.1) is 5.69 Å². The largest absolute Gasteiger partial charge is 0.335 e. The molecule has 0 unspecified atom stereocenters. The number of amides is 2. The Balaban J connectivity index is 1.57. The fourth-order valence-corrected chi connectivity index (χ4v) is 4.02. The lowest BCUT2D eigenvalue weighted by molar-refractivity contribution is 0.195. The molecule has 7 heteroatoms. The summed E-state index contributed by atoms with van der Waals surface area (Å²) in [5.74, 6) is -1.03. The average molecular weight is 402 g/mol. The van der Waals surface area contributed by atoms with Crippen molar-refractivity contribution in [2.45, 2.75) is 51.0 Å². The van der Waals surface area contributed by atoms with Gasteiger partial charge in [0.25, 0.3) is 0 Å². The van der Waals surface area contributed by atoms with Gasteiger partial charge in [0.15, 0.2) is 5.82 Å². The molecule has 1 aromatic heterocycles. The molecule has 1 aliphatic heterocycles. The van der Waals surface area contributed by atoms with E-state index in [4.69, 9.17) is 0 Å². The fourth-order valence-electron chi connectivity index (χ4n) is 3.69. The van der Waals surface area contributed by atoms with Crippen LogP contribution >= 0.6 is 15.9 Å². The molecule has 4 nitrogen and oxygen atoms in total. The lowest BCUT2D eigenvalue weighted by atomic mass is 9.83. The third-order valence-corrected chi connectivity index (χ3v) is 5.50. The van der Waals surface area contributed by atoms with Gasteiger partial charge in [-0.3, -0.25) is 0 Å². The minimum atomic E-state index is -0.685. The standard InChI is InChI=1S/C17H22BrF2N3O/c18-16-14(20)10-13(19)15(22-16)9-11-4-3-5-12(8-11)21-17(24)23-6-1-2-7-23/h10-12H,1-9H2,(H,21,24)/t11-,12+/m0/s1. The van der Waals surface area contributed by atoms with Crippen LogP contribution in [-0.4, -0.2) is 35.0 Å². The first-order chi connectivity index (χ1) is 11.5. The lowest BCUT2D eigenvalue weighted by Gasteiger charge is -2.31. The van der Waals surface area contributed by atoms with Gasteiger partial charge < -0.3 is 10.2 Å². The number of halogens is 3. The number of urea groups is 1. The van der Waals surface area contributed by atoms with Gasteiger partial charge in [-0.2, -0.15) is 0 Å². The predicted molar refractivity (Wildman–Crippen MR) is 90.6 cm³/mol. The van der Waals surface area contributed by atoms with Crippen molar-refractivity contribution in [2.75, 3.05) is 13.1 Å². The summed E-state index contributed by atoms with van der Waals surface area (Å²) in [7, 11) is 0. The Kier molecular flexibility index (Phi) is 5.69. The van der Waals surface area contributed by atoms with E-state index in [0.717, 1.165) is 57.7 Å². The number of rotatable bonds is 3. The zero-order chi connectivity index (χ0) is 17.1. The molecule has 2 amide bonds. The molecule has 0 spiro atoms. The van der Waals surface area contributed by atoms with Gasteiger partial charge in [-0.05, 0) is 60.4 Å². The Morgan fingerprint density at radius 1 is 1.25 bits per heavy atom. The van der Waals surface area contributed by atoms with Crippen LogP contribution in [0.15, 0.2) is 10.7 Å². The van der Waals surface area contributed by atoms with Crippen molar-refractivity contribution < 1.29 is 13.6 Å². The van der Waals surface area contributed by atoms with Crippen molar-refractivity contribution in [3.05, 3.63) is 28.0 Å². The number of pyridine rings is 1. The second kappa shape index (κ2) is 7.76. The quantitative estimate of drug-likeness (QED) is 0.777. The van der Waals surface area contributed by atoms with E-state index in [1.807, 2.05) is 4.90 Å². The highest BCUT2D eigenvalue weighted by molar-refractivity contribution is 9.10. The van der Waals surface area contributed by atoms with Crippen molar-refractivity contribution in [3.63, 3.8) is 0 Å². The number of nitrogens with zero attached hydrogens (tertiary/aromatic N) is 2. The topological polar surface area (TPSA) is 45.2 Å². The van der Waals surface area contributed by atoms with Gasteiger partial charge in [0.2, 0.25) is 0 Å². The van der Waals surface area contributed by atoms with Crippen LogP contribution < -0.4 is 5.32 Å². The Labute approximate surface area is 149 Å². The van der Waals surface area contributed by atoms with Crippen molar-refractivity contribution in [2.24, 2.45) is 5.92 Å². The van der Waals surface area contributed by atoms with E-state index >= 15 is 0 Å². The third-order valence-electron chi connectivity index (χ3n) is 4.95. The highest BCUT2D eigenvalue weighted by Gasteiger charge is 2.27. The van der Waals surface area contributed by atoms with Crippen LogP contribution in [0, 0.1) is 17.6 Å². The van der Waals surface area contributed by atoms with E-state index in [0.29, 0.717) is 12.1 Å². The number of carbonyl (C=O) groups excluding carboxylic acids is 1. The first-order valence-electron chi connectivity index (χ1n) is 8.59. The fraction of sp³-hybridized carbons (Fsp3) is 0.647. The lowest BCUT2D eigenvalue weighted by Crippen LogP contribution is -2.45. The predicted octanol–water partition coefficient (Wildman–Crippen LogP) is 4.03. The SMILES string of the molecule is O=C(N[C@@H]1CCC[C@H](Cc2nc(Br)c(F)cc2F)C1)N1CCCC1. The molecule has 1 saturated carbocycles. The van der Waals surface area contributed by atoms with Gasteiger partial charge in [0, 0.05) is 25.2 Å². The van der Waals surface area contributed by atoms with Crippen LogP contribution in [0.4, 0.5) is 13.6 Å². The summed E-state index contributed by atoms with van der Waals surface area (Å²) in [5.41, 5.74) is 0.291. The summed E-state index contributed by atoms with van der Waals surface area (Å²) in [4.78, 5) is 18.1. The van der Waals surface area contributed by atoms with E-state index in [2.05, 4.69) is 26.2 Å². The Morgan fingerprint density at radius 3 is 2.75 bits per heavy atom. The third kappa shape index (κ3) is 4.23. The number of hydrogen-bond acceptors (Lipinski definition) is 2. The second-order valence-corrected chi connectivity index (χ2v) is 7.52. The molecule has 24 heavy (non-hydrogen) atoms. The molecular weight excluding hydrogens is 380 g/mol. The van der Waals surface area contributed by atoms with Crippen molar-refractivity contribution in [1.82, 2.24) is 15.2 Å². The molecule has 2 atom stereocenters. The molecule has 2 fully saturated rings. The van der Waals surface area contributed by atoms with Crippen LogP contribution in [0.25, 0.3) is 0 Å². The number of nitrogens with one attached hydrogen (secondary N) is 1. The monoisotopic (exact) mass is 401 g/mol. The summed E-state index contributed by atoms with van der Waals surface area (Å²) >= 11 is 3.01. The van der Waals surface area contributed by atoms with Gasteiger partial charge in [0.1, 0.15) is 10.4 Å². The number of hydrogen-bond donors (Lipinski definition) is 1. The molecule has 132 valence electrons. The summed E-state index contributed by atoms with van der Waals surface area (Å²) < 4.78 is 27.2. The van der Waals surface area contributed by atoms with Gasteiger partial charge in [-0.15, -0.1) is 0 Å². The molecule has 1 aromatic rings. The van der Waals surface area contributed by atoms with Gasteiger partial charge in [-0.1, -0.05) is 6.42 Å². The molecule has 1 saturated heterocycles. The minimum absolute atomic E-state index is 0.0204. The maximum absolute atomic E-state index is 13.9. The molecule has 2 heterocycles. The molecule has 3 rings (SSSR count). The highest BCUT2D eigenvalue weighted by Crippen LogP contribution is 2.29. The minimum Gasteiger partial charge on any atom is -0.335 e. The van der Waals surface area contributed by atoms with E-state index in [1.54, 1.807) is 0 Å². The van der Waals surface area contributed by atoms with Crippen LogP contribution in [0.5, 0.6) is 0 Å². The number of carbonyl (C=O) groups is 1. The van der Waals surface area contributed by atoms with Crippen molar-refractivity contribution in [3.8, 4) is 0 Å². The zero-order valence-corrected chi connectivity index (χ0v) is 15.1. The van der Waals surface area contributed by atoms with E-state index in [9.17, 15) is 13.6 Å². The Bertz CT molecular complexity index is 608. The van der Waals surface area contributed by atoms with Crippen LogP contribution in [0.1, 0.15) is 44.2 Å². The first kappa shape index (κ1) is 17.6. The molecule has 1 aliphatic carbocycles. The van der Waals surface area contributed by atoms with Crippen molar-refractivity contribution >= 4 is 22.0 Å². The van der Waals surface area contributed by atoms with E-state index < -0.39 is 11.6 Å². The second-order valence-electron chi connectivity index (χ2n) is 6.77. The highest BCUT2D eigenvalue weighted by atomic mass is 79.9. The first-order valence-corrected chi connectivity index (χ1v) is 9.38. The Morgan fingerprint density at radius 2 is 2.00 bits per heavy atom. The summed E-state index contributed by atoms with van der Waals surface area (Å²) in [6.07, 6.45) is 6.37. The molecule has 1 N–H and O–H groups in total. The average Bonchev–Trinajstić information content (AvgIpc) is 3.07. The summed E-state index contributed by atoms with van der Waals surface area (Å²) in [6, 6.07) is 1.03. The maximum atomic E-state index is 13.9.